The number of hydrogen-bond acceptors (Lipinski definition) is 7. The minimum absolute atomic E-state index is 0.208. The molecule has 2 amide bonds. The summed E-state index contributed by atoms with van der Waals surface area (Å²) in [4.78, 5) is 32.6. The van der Waals surface area contributed by atoms with Crippen molar-refractivity contribution in [1.82, 2.24) is 34.6 Å². The van der Waals surface area contributed by atoms with E-state index < -0.39 is 30.7 Å². The van der Waals surface area contributed by atoms with E-state index in [1.54, 1.807) is 42.9 Å². The second kappa shape index (κ2) is 13.8. The van der Waals surface area contributed by atoms with Gasteiger partial charge < -0.3 is 24.1 Å². The summed E-state index contributed by atoms with van der Waals surface area (Å²) < 4.78 is 51.4. The fraction of sp³-hybridized carbons (Fsp3) is 0.444. The van der Waals surface area contributed by atoms with E-state index in [9.17, 15) is 18.0 Å². The number of nitrogens with one attached hydrogen (secondary N) is 1. The van der Waals surface area contributed by atoms with Crippen LogP contribution in [0.4, 0.5) is 18.0 Å². The quantitative estimate of drug-likeness (QED) is 0.204. The van der Waals surface area contributed by atoms with Crippen molar-refractivity contribution >= 4 is 11.7 Å². The maximum absolute atomic E-state index is 13.1. The summed E-state index contributed by atoms with van der Waals surface area (Å²) >= 11 is 0. The molecule has 0 aromatic carbocycles. The number of rotatable bonds is 14. The van der Waals surface area contributed by atoms with E-state index in [2.05, 4.69) is 33.4 Å². The Morgan fingerprint density at radius 3 is 2.65 bits per heavy atom. The van der Waals surface area contributed by atoms with Crippen LogP contribution in [0, 0.1) is 0 Å². The summed E-state index contributed by atoms with van der Waals surface area (Å²) in [5.74, 6) is 0.513. The molecule has 10 nitrogen and oxygen atoms in total. The van der Waals surface area contributed by atoms with Crippen LogP contribution in [0.1, 0.15) is 51.3 Å². The minimum atomic E-state index is -4.32. The highest BCUT2D eigenvalue weighted by Crippen LogP contribution is 2.30. The molecule has 40 heavy (non-hydrogen) atoms. The number of nitrogens with zero attached hydrogens (tertiary/aromatic N) is 6. The number of urea groups is 1. The first-order valence-electron chi connectivity index (χ1n) is 12.8. The lowest BCUT2D eigenvalue weighted by Crippen LogP contribution is -2.46. The zero-order valence-corrected chi connectivity index (χ0v) is 22.8. The van der Waals surface area contributed by atoms with Crippen molar-refractivity contribution in [2.75, 3.05) is 20.3 Å². The largest absolute Gasteiger partial charge is 0.479 e. The van der Waals surface area contributed by atoms with E-state index >= 15 is 0 Å². The molecule has 3 aromatic rings. The van der Waals surface area contributed by atoms with Gasteiger partial charge in [0.2, 0.25) is 11.5 Å². The predicted octanol–water partition coefficient (Wildman–Crippen LogP) is 5.53. The summed E-state index contributed by atoms with van der Waals surface area (Å²) in [6.07, 6.45) is 5.05. The van der Waals surface area contributed by atoms with Crippen molar-refractivity contribution in [2.45, 2.75) is 57.8 Å². The lowest BCUT2D eigenvalue weighted by atomic mass is 10.1. The summed E-state index contributed by atoms with van der Waals surface area (Å²) in [5.41, 5.74) is 1.69. The molecule has 0 aliphatic carbocycles. The number of amides is 2. The molecule has 0 saturated heterocycles. The number of alkyl halides is 3. The Balaban J connectivity index is 1.91. The molecule has 2 atom stereocenters. The highest BCUT2D eigenvalue weighted by molar-refractivity contribution is 5.75. The Labute approximate surface area is 231 Å². The Bertz CT molecular complexity index is 1310. The molecule has 3 heterocycles. The smallest absolute Gasteiger partial charge is 0.389 e. The van der Waals surface area contributed by atoms with E-state index in [1.165, 1.54) is 24.3 Å². The van der Waals surface area contributed by atoms with Gasteiger partial charge >= 0.3 is 12.2 Å². The molecule has 0 fully saturated rings. The number of halogens is 3. The van der Waals surface area contributed by atoms with Crippen LogP contribution in [0.5, 0.6) is 11.8 Å². The molecule has 13 heteroatoms. The number of imidazole rings is 1. The van der Waals surface area contributed by atoms with Crippen LogP contribution in [0.15, 0.2) is 50.1 Å². The summed E-state index contributed by atoms with van der Waals surface area (Å²) in [6, 6.07) is -1.80. The van der Waals surface area contributed by atoms with Gasteiger partial charge in [0.1, 0.15) is 5.69 Å². The Hall–Kier alpha value is -4.16. The highest BCUT2D eigenvalue weighted by atomic mass is 19.4. The van der Waals surface area contributed by atoms with Gasteiger partial charge in [-0.3, -0.25) is 0 Å². The Kier molecular flexibility index (Phi) is 10.5. The molecule has 1 N–H and O–H groups in total. The molecule has 3 rings (SSSR count). The van der Waals surface area contributed by atoms with Crippen molar-refractivity contribution in [3.8, 4) is 23.1 Å². The van der Waals surface area contributed by atoms with Crippen molar-refractivity contribution in [2.24, 2.45) is 0 Å². The fourth-order valence-corrected chi connectivity index (χ4v) is 4.06. The number of aromatic nitrogens is 5. The lowest BCUT2D eigenvalue weighted by molar-refractivity contribution is -0.136. The summed E-state index contributed by atoms with van der Waals surface area (Å²) in [7, 11) is 1.46. The van der Waals surface area contributed by atoms with Gasteiger partial charge in [-0.1, -0.05) is 12.2 Å². The molecule has 0 saturated carbocycles. The third-order valence-electron chi connectivity index (χ3n) is 6.15. The average molecular weight is 562 g/mol. The van der Waals surface area contributed by atoms with Crippen LogP contribution in [0.2, 0.25) is 0 Å². The van der Waals surface area contributed by atoms with Crippen LogP contribution in [-0.2, 0) is 0 Å². The van der Waals surface area contributed by atoms with E-state index in [1.807, 2.05) is 0 Å². The number of ether oxygens (including phenoxy) is 2. The number of fused-ring (bicyclic) bond motifs is 1. The van der Waals surface area contributed by atoms with E-state index in [0.717, 1.165) is 0 Å². The van der Waals surface area contributed by atoms with Crippen LogP contribution in [-0.4, -0.2) is 67.7 Å². The van der Waals surface area contributed by atoms with Crippen molar-refractivity contribution < 1.29 is 27.4 Å². The standard InChI is InChI=1S/C27H34F3N7O3/c1-6-9-15-40-25-23-31-13-14-36(23)17-21(35-25)22-24(39-5)32-16-20(34-22)18(4)37(8-3)26(38)33-19(10-7-2)11-12-27(28,29)30/h6-7,13-14,16-19H,1-2,8-12,15H2,3-5H3,(H,33,38)/t18?,19-/m1/s1. The maximum Gasteiger partial charge on any atom is 0.389 e. The first-order chi connectivity index (χ1) is 19.1. The van der Waals surface area contributed by atoms with Gasteiger partial charge in [-0.15, -0.1) is 13.2 Å². The SMILES string of the molecule is C=CCCOc1nc(-c2nc(C(C)N(CC)C(=O)N[C@H](CC=C)CCC(F)(F)F)cnc2OC)cn2ccnc12. The number of hydrogen-bond donors (Lipinski definition) is 1. The monoisotopic (exact) mass is 561 g/mol. The van der Waals surface area contributed by atoms with Gasteiger partial charge in [-0.05, 0) is 33.1 Å². The summed E-state index contributed by atoms with van der Waals surface area (Å²) in [6.45, 7) is 11.5. The van der Waals surface area contributed by atoms with Gasteiger partial charge in [-0.25, -0.2) is 24.7 Å². The predicted molar refractivity (Wildman–Crippen MR) is 144 cm³/mol. The number of methoxy groups -OCH3 is 1. The molecule has 216 valence electrons. The summed E-state index contributed by atoms with van der Waals surface area (Å²) in [5, 5.41) is 2.71. The fourth-order valence-electron chi connectivity index (χ4n) is 4.06. The van der Waals surface area contributed by atoms with Crippen molar-refractivity contribution in [3.63, 3.8) is 0 Å². The molecule has 0 aliphatic heterocycles. The zero-order valence-electron chi connectivity index (χ0n) is 22.8. The first kappa shape index (κ1) is 30.4. The highest BCUT2D eigenvalue weighted by Gasteiger charge is 2.30. The second-order valence-corrected chi connectivity index (χ2v) is 8.95. The van der Waals surface area contributed by atoms with Crippen LogP contribution >= 0.6 is 0 Å². The molecular formula is C27H34F3N7O3. The van der Waals surface area contributed by atoms with E-state index in [0.29, 0.717) is 41.6 Å². The van der Waals surface area contributed by atoms with Gasteiger partial charge in [0.05, 0.1) is 31.6 Å². The van der Waals surface area contributed by atoms with Crippen LogP contribution < -0.4 is 14.8 Å². The molecule has 0 bridgehead atoms. The molecule has 3 aromatic heterocycles. The molecule has 0 aliphatic rings. The first-order valence-corrected chi connectivity index (χ1v) is 12.8. The van der Waals surface area contributed by atoms with Crippen molar-refractivity contribution in [3.05, 3.63) is 55.8 Å². The number of carbonyl (C=O) groups excluding carboxylic acids is 1. The molecule has 0 radical (unpaired) electrons. The number of carbonyl (C=O) groups is 1. The molecule has 0 spiro atoms. The second-order valence-electron chi connectivity index (χ2n) is 8.95. The van der Waals surface area contributed by atoms with E-state index in [4.69, 9.17) is 14.5 Å². The van der Waals surface area contributed by atoms with Crippen LogP contribution in [0.25, 0.3) is 17.0 Å². The topological polar surface area (TPSA) is 107 Å². The normalized spacial score (nSPS) is 12.9. The Morgan fingerprint density at radius 1 is 1.23 bits per heavy atom. The zero-order chi connectivity index (χ0) is 29.3. The molecular weight excluding hydrogens is 527 g/mol. The third-order valence-corrected chi connectivity index (χ3v) is 6.15. The van der Waals surface area contributed by atoms with E-state index in [-0.39, 0.29) is 25.3 Å². The average Bonchev–Trinajstić information content (AvgIpc) is 3.40. The third kappa shape index (κ3) is 7.70. The van der Waals surface area contributed by atoms with Gasteiger partial charge in [0.15, 0.2) is 5.69 Å². The van der Waals surface area contributed by atoms with Gasteiger partial charge in [0.25, 0.3) is 5.88 Å². The maximum atomic E-state index is 13.1. The van der Waals surface area contributed by atoms with Crippen LogP contribution in [0.3, 0.4) is 0 Å². The van der Waals surface area contributed by atoms with Crippen molar-refractivity contribution in [1.29, 1.82) is 0 Å². The minimum Gasteiger partial charge on any atom is -0.479 e. The molecule has 1 unspecified atom stereocenters. The lowest BCUT2D eigenvalue weighted by Gasteiger charge is -2.30. The Morgan fingerprint density at radius 2 is 2.00 bits per heavy atom. The van der Waals surface area contributed by atoms with Gasteiger partial charge in [0, 0.05) is 37.6 Å². The van der Waals surface area contributed by atoms with Gasteiger partial charge in [-0.2, -0.15) is 13.2 Å².